The van der Waals surface area contributed by atoms with Crippen molar-refractivity contribution >= 4 is 55.7 Å². The van der Waals surface area contributed by atoms with Crippen molar-refractivity contribution in [2.75, 3.05) is 13.1 Å². The van der Waals surface area contributed by atoms with Crippen molar-refractivity contribution in [2.24, 2.45) is 4.99 Å². The minimum absolute atomic E-state index is 0.804. The Morgan fingerprint density at radius 2 is 2.24 bits per heavy atom. The van der Waals surface area contributed by atoms with Gasteiger partial charge in [-0.15, -0.1) is 11.3 Å². The number of hydrogen-bond donors (Lipinski definition) is 0. The summed E-state index contributed by atoms with van der Waals surface area (Å²) in [5.74, 6) is 0. The van der Waals surface area contributed by atoms with Crippen molar-refractivity contribution in [1.82, 2.24) is 4.90 Å². The van der Waals surface area contributed by atoms with Crippen molar-refractivity contribution in [3.05, 3.63) is 39.1 Å². The van der Waals surface area contributed by atoms with E-state index in [-0.39, 0.29) is 0 Å². The first-order valence-electron chi connectivity index (χ1n) is 7.18. The van der Waals surface area contributed by atoms with Gasteiger partial charge < -0.3 is 4.90 Å². The summed E-state index contributed by atoms with van der Waals surface area (Å²) in [6.07, 6.45) is 2.30. The fraction of sp³-hybridized carbons (Fsp3) is 0.312. The number of benzene rings is 1. The summed E-state index contributed by atoms with van der Waals surface area (Å²) in [5, 5.41) is 3.23. The molecule has 0 amide bonds. The maximum atomic E-state index is 6.11. The molecule has 0 saturated carbocycles. The monoisotopic (exact) mass is 334 g/mol. The smallest absolute Gasteiger partial charge is 0.168 e. The molecule has 1 aromatic heterocycles. The normalized spacial score (nSPS) is 17.8. The van der Waals surface area contributed by atoms with E-state index in [1.54, 1.807) is 0 Å². The first-order chi connectivity index (χ1) is 10.3. The average molecular weight is 335 g/mol. The Labute approximate surface area is 137 Å². The molecule has 21 heavy (non-hydrogen) atoms. The van der Waals surface area contributed by atoms with E-state index in [9.17, 15) is 0 Å². The molecular weight excluding hydrogens is 320 g/mol. The van der Waals surface area contributed by atoms with Crippen LogP contribution in [0.3, 0.4) is 0 Å². The SMILES string of the molecule is CCCC1=C(c2cc3cc(Cl)ccc3s2)N2CCN=C2S1. The Hall–Kier alpha value is -0.970. The molecule has 108 valence electrons. The van der Waals surface area contributed by atoms with Gasteiger partial charge in [-0.25, -0.2) is 0 Å². The Morgan fingerprint density at radius 3 is 3.10 bits per heavy atom. The third kappa shape index (κ3) is 2.30. The quantitative estimate of drug-likeness (QED) is 0.742. The van der Waals surface area contributed by atoms with Gasteiger partial charge in [0.05, 0.1) is 17.1 Å². The minimum atomic E-state index is 0.804. The van der Waals surface area contributed by atoms with E-state index in [0.29, 0.717) is 0 Å². The number of thioether (sulfide) groups is 1. The number of thiophene rings is 1. The Balaban J connectivity index is 1.84. The number of hydrogen-bond acceptors (Lipinski definition) is 4. The third-order valence-corrected chi connectivity index (χ3v) is 6.27. The zero-order valence-corrected chi connectivity index (χ0v) is 14.1. The molecule has 0 unspecified atom stereocenters. The second-order valence-corrected chi connectivity index (χ2v) is 7.81. The van der Waals surface area contributed by atoms with Crippen molar-refractivity contribution in [1.29, 1.82) is 0 Å². The maximum absolute atomic E-state index is 6.11. The standard InChI is InChI=1S/C16H15ClN2S2/c1-2-3-13-15(19-7-6-18-16(19)21-13)14-9-10-8-11(17)4-5-12(10)20-14/h4-5,8-9H,2-3,6-7H2,1H3. The van der Waals surface area contributed by atoms with Crippen molar-refractivity contribution in [2.45, 2.75) is 19.8 Å². The lowest BCUT2D eigenvalue weighted by atomic mass is 10.2. The van der Waals surface area contributed by atoms with Gasteiger partial charge >= 0.3 is 0 Å². The minimum Gasteiger partial charge on any atom is -0.317 e. The highest BCUT2D eigenvalue weighted by Gasteiger charge is 2.33. The number of amidine groups is 1. The molecule has 0 fully saturated rings. The Morgan fingerprint density at radius 1 is 1.33 bits per heavy atom. The molecule has 2 aliphatic heterocycles. The van der Waals surface area contributed by atoms with E-state index in [4.69, 9.17) is 11.6 Å². The van der Waals surface area contributed by atoms with Gasteiger partial charge in [-0.3, -0.25) is 4.99 Å². The van der Waals surface area contributed by atoms with Crippen LogP contribution in [0.25, 0.3) is 15.8 Å². The molecule has 2 aliphatic rings. The summed E-state index contributed by atoms with van der Waals surface area (Å²) in [7, 11) is 0. The van der Waals surface area contributed by atoms with Gasteiger partial charge in [-0.1, -0.05) is 36.7 Å². The lowest BCUT2D eigenvalue weighted by Crippen LogP contribution is -2.19. The number of allylic oxidation sites excluding steroid dienone is 1. The topological polar surface area (TPSA) is 15.6 Å². The molecule has 0 atom stereocenters. The zero-order valence-electron chi connectivity index (χ0n) is 11.7. The first-order valence-corrected chi connectivity index (χ1v) is 9.20. The van der Waals surface area contributed by atoms with Crippen LogP contribution in [-0.4, -0.2) is 23.2 Å². The molecule has 2 aromatic rings. The first kappa shape index (κ1) is 13.7. The summed E-state index contributed by atoms with van der Waals surface area (Å²) in [6.45, 7) is 4.17. The van der Waals surface area contributed by atoms with E-state index in [2.05, 4.69) is 35.0 Å². The molecule has 5 heteroatoms. The molecule has 4 rings (SSSR count). The van der Waals surface area contributed by atoms with Crippen molar-refractivity contribution < 1.29 is 0 Å². The van der Waals surface area contributed by atoms with Crippen LogP contribution in [0, 0.1) is 0 Å². The summed E-state index contributed by atoms with van der Waals surface area (Å²) < 4.78 is 1.30. The third-order valence-electron chi connectivity index (χ3n) is 3.74. The summed E-state index contributed by atoms with van der Waals surface area (Å²) in [6, 6.07) is 8.42. The van der Waals surface area contributed by atoms with Crippen molar-refractivity contribution in [3.8, 4) is 0 Å². The van der Waals surface area contributed by atoms with Crippen molar-refractivity contribution in [3.63, 3.8) is 0 Å². The lowest BCUT2D eigenvalue weighted by Gasteiger charge is -2.15. The van der Waals surface area contributed by atoms with Crippen LogP contribution in [0.2, 0.25) is 5.02 Å². The Bertz CT molecular complexity index is 776. The molecule has 0 radical (unpaired) electrons. The molecule has 2 nitrogen and oxygen atoms in total. The van der Waals surface area contributed by atoms with Gasteiger partial charge in [0.1, 0.15) is 0 Å². The van der Waals surface area contributed by atoms with E-state index >= 15 is 0 Å². The van der Waals surface area contributed by atoms with Crippen LogP contribution in [-0.2, 0) is 0 Å². The van der Waals surface area contributed by atoms with Crippen LogP contribution in [0.15, 0.2) is 34.2 Å². The predicted octanol–water partition coefficient (Wildman–Crippen LogP) is 5.44. The molecule has 0 saturated heterocycles. The number of nitrogens with zero attached hydrogens (tertiary/aromatic N) is 2. The van der Waals surface area contributed by atoms with Gasteiger partial charge in [-0.2, -0.15) is 0 Å². The second-order valence-electron chi connectivity index (χ2n) is 5.23. The molecule has 1 aromatic carbocycles. The highest BCUT2D eigenvalue weighted by Crippen LogP contribution is 2.46. The number of halogens is 1. The molecule has 0 bridgehead atoms. The van der Waals surface area contributed by atoms with E-state index < -0.39 is 0 Å². The molecule has 0 N–H and O–H groups in total. The van der Waals surface area contributed by atoms with Gasteiger partial charge in [0, 0.05) is 21.2 Å². The van der Waals surface area contributed by atoms with Crippen LogP contribution in [0.4, 0.5) is 0 Å². The average Bonchev–Trinajstić information content (AvgIpc) is 3.11. The Kier molecular flexibility index (Phi) is 3.48. The van der Waals surface area contributed by atoms with Crippen LogP contribution < -0.4 is 0 Å². The molecule has 0 aliphatic carbocycles. The predicted molar refractivity (Wildman–Crippen MR) is 95.3 cm³/mol. The van der Waals surface area contributed by atoms with Gasteiger partial charge in [-0.05, 0) is 36.1 Å². The fourth-order valence-electron chi connectivity index (χ4n) is 2.83. The lowest BCUT2D eigenvalue weighted by molar-refractivity contribution is 0.647. The van der Waals surface area contributed by atoms with Gasteiger partial charge in [0.2, 0.25) is 0 Å². The largest absolute Gasteiger partial charge is 0.317 e. The molecule has 3 heterocycles. The second kappa shape index (κ2) is 5.34. The number of rotatable bonds is 3. The van der Waals surface area contributed by atoms with Crippen LogP contribution in [0.1, 0.15) is 24.6 Å². The maximum Gasteiger partial charge on any atom is 0.168 e. The van der Waals surface area contributed by atoms with Crippen LogP contribution in [0.5, 0.6) is 0 Å². The fourth-order valence-corrected chi connectivity index (χ4v) is 5.49. The molecule has 0 spiro atoms. The number of aliphatic imine (C=N–C) groups is 1. The molecular formula is C16H15ClN2S2. The highest BCUT2D eigenvalue weighted by molar-refractivity contribution is 8.17. The van der Waals surface area contributed by atoms with Gasteiger partial charge in [0.15, 0.2) is 5.17 Å². The van der Waals surface area contributed by atoms with E-state index in [1.165, 1.54) is 37.2 Å². The summed E-state index contributed by atoms with van der Waals surface area (Å²) in [4.78, 5) is 9.82. The van der Waals surface area contributed by atoms with E-state index in [1.807, 2.05) is 29.2 Å². The summed E-state index contributed by atoms with van der Waals surface area (Å²) in [5.41, 5.74) is 1.38. The zero-order chi connectivity index (χ0) is 14.4. The highest BCUT2D eigenvalue weighted by atomic mass is 35.5. The van der Waals surface area contributed by atoms with E-state index in [0.717, 1.165) is 24.5 Å². The van der Waals surface area contributed by atoms with Crippen LogP contribution >= 0.6 is 34.7 Å². The van der Waals surface area contributed by atoms with Gasteiger partial charge in [0.25, 0.3) is 0 Å². The summed E-state index contributed by atoms with van der Waals surface area (Å²) >= 11 is 9.83. The number of fused-ring (bicyclic) bond motifs is 2.